The normalized spacial score (nSPS) is 11.5. The Morgan fingerprint density at radius 2 is 1.06 bits per heavy atom. The lowest BCUT2D eigenvalue weighted by atomic mass is 10.0. The van der Waals surface area contributed by atoms with E-state index in [1.54, 1.807) is 36.4 Å². The van der Waals surface area contributed by atoms with Crippen LogP contribution >= 0.6 is 0 Å². The molecular formula is C42H56O7. The largest absolute Gasteiger partial charge is 0.494 e. The Bertz CT molecular complexity index is 1360. The van der Waals surface area contributed by atoms with Gasteiger partial charge in [-0.2, -0.15) is 0 Å². The van der Waals surface area contributed by atoms with E-state index in [0.29, 0.717) is 36.5 Å². The third-order valence-electron chi connectivity index (χ3n) is 8.44. The molecule has 0 saturated carbocycles. The van der Waals surface area contributed by atoms with Crippen LogP contribution < -0.4 is 9.47 Å². The van der Waals surface area contributed by atoms with E-state index >= 15 is 0 Å². The van der Waals surface area contributed by atoms with E-state index in [0.717, 1.165) is 74.7 Å². The first-order chi connectivity index (χ1) is 23.9. The molecule has 0 radical (unpaired) electrons. The van der Waals surface area contributed by atoms with Gasteiger partial charge in [-0.1, -0.05) is 83.1 Å². The Hall–Kier alpha value is -4.13. The van der Waals surface area contributed by atoms with Crippen LogP contribution in [0.25, 0.3) is 11.1 Å². The van der Waals surface area contributed by atoms with Crippen molar-refractivity contribution in [2.24, 2.45) is 0 Å². The van der Waals surface area contributed by atoms with Gasteiger partial charge in [-0.05, 0) is 112 Å². The number of esters is 3. The maximum Gasteiger partial charge on any atom is 0.343 e. The van der Waals surface area contributed by atoms with Crippen LogP contribution in [0.15, 0.2) is 72.8 Å². The van der Waals surface area contributed by atoms with Gasteiger partial charge in [0.1, 0.15) is 11.5 Å². The maximum atomic E-state index is 12.8. The number of hydrogen-bond donors (Lipinski definition) is 0. The number of hydrogen-bond acceptors (Lipinski definition) is 7. The summed E-state index contributed by atoms with van der Waals surface area (Å²) in [6.45, 7) is 7.42. The lowest BCUT2D eigenvalue weighted by Crippen LogP contribution is -2.15. The molecule has 0 aliphatic rings. The van der Waals surface area contributed by atoms with Gasteiger partial charge in [0, 0.05) is 6.42 Å². The molecule has 0 aliphatic carbocycles. The molecule has 0 heterocycles. The quantitative estimate of drug-likeness (QED) is 0.0531. The fourth-order valence-corrected chi connectivity index (χ4v) is 5.41. The third-order valence-corrected chi connectivity index (χ3v) is 8.44. The molecule has 1 unspecified atom stereocenters. The molecule has 0 aliphatic heterocycles. The number of benzene rings is 3. The van der Waals surface area contributed by atoms with Gasteiger partial charge in [0.15, 0.2) is 0 Å². The van der Waals surface area contributed by atoms with Gasteiger partial charge < -0.3 is 18.9 Å². The second kappa shape index (κ2) is 23.3. The number of carbonyl (C=O) groups excluding carboxylic acids is 3. The second-order valence-corrected chi connectivity index (χ2v) is 12.7. The Labute approximate surface area is 293 Å². The Kier molecular flexibility index (Phi) is 18.7. The molecule has 0 amide bonds. The van der Waals surface area contributed by atoms with E-state index in [9.17, 15) is 14.4 Å². The van der Waals surface area contributed by atoms with Crippen molar-refractivity contribution in [3.63, 3.8) is 0 Å². The monoisotopic (exact) mass is 672 g/mol. The van der Waals surface area contributed by atoms with Crippen molar-refractivity contribution in [3.05, 3.63) is 83.9 Å². The van der Waals surface area contributed by atoms with Crippen molar-refractivity contribution < 1.29 is 33.3 Å². The number of unbranched alkanes of at least 4 members (excludes halogenated alkanes) is 10. The van der Waals surface area contributed by atoms with Gasteiger partial charge in [-0.25, -0.2) is 9.59 Å². The highest BCUT2D eigenvalue weighted by Gasteiger charge is 2.14. The smallest absolute Gasteiger partial charge is 0.343 e. The summed E-state index contributed by atoms with van der Waals surface area (Å²) in [6, 6.07) is 21.6. The first kappa shape index (κ1) is 39.3. The van der Waals surface area contributed by atoms with Gasteiger partial charge in [-0.3, -0.25) is 4.79 Å². The minimum Gasteiger partial charge on any atom is -0.494 e. The minimum absolute atomic E-state index is 0.0705. The summed E-state index contributed by atoms with van der Waals surface area (Å²) >= 11 is 0. The van der Waals surface area contributed by atoms with Crippen LogP contribution in [-0.2, 0) is 14.3 Å². The van der Waals surface area contributed by atoms with Crippen LogP contribution in [0, 0.1) is 0 Å². The molecule has 3 rings (SSSR count). The molecule has 266 valence electrons. The van der Waals surface area contributed by atoms with Crippen LogP contribution in [-0.4, -0.2) is 37.2 Å². The van der Waals surface area contributed by atoms with Gasteiger partial charge >= 0.3 is 17.9 Å². The van der Waals surface area contributed by atoms with Crippen molar-refractivity contribution in [2.45, 2.75) is 123 Å². The third kappa shape index (κ3) is 15.8. The average Bonchev–Trinajstić information content (AvgIpc) is 3.11. The first-order valence-corrected chi connectivity index (χ1v) is 18.4. The molecule has 7 nitrogen and oxygen atoms in total. The van der Waals surface area contributed by atoms with E-state index in [2.05, 4.69) is 13.8 Å². The molecule has 0 spiro atoms. The summed E-state index contributed by atoms with van der Waals surface area (Å²) in [6.07, 6.45) is 15.4. The average molecular weight is 673 g/mol. The number of ether oxygens (including phenoxy) is 4. The van der Waals surface area contributed by atoms with Crippen LogP contribution in [0.5, 0.6) is 11.5 Å². The molecule has 0 fully saturated rings. The Balaban J connectivity index is 1.32. The minimum atomic E-state index is -0.472. The van der Waals surface area contributed by atoms with Crippen molar-refractivity contribution >= 4 is 17.9 Å². The van der Waals surface area contributed by atoms with Crippen molar-refractivity contribution in [1.82, 2.24) is 0 Å². The summed E-state index contributed by atoms with van der Waals surface area (Å²) in [4.78, 5) is 37.0. The zero-order valence-electron chi connectivity index (χ0n) is 29.9. The van der Waals surface area contributed by atoms with Crippen LogP contribution in [0.2, 0.25) is 0 Å². The second-order valence-electron chi connectivity index (χ2n) is 12.7. The van der Waals surface area contributed by atoms with Crippen molar-refractivity contribution in [2.75, 3.05) is 13.2 Å². The summed E-state index contributed by atoms with van der Waals surface area (Å²) < 4.78 is 22.3. The number of rotatable bonds is 24. The molecule has 3 aromatic carbocycles. The molecule has 0 N–H and O–H groups in total. The van der Waals surface area contributed by atoms with Crippen molar-refractivity contribution in [1.29, 1.82) is 0 Å². The fourth-order valence-electron chi connectivity index (χ4n) is 5.41. The molecule has 0 saturated heterocycles. The van der Waals surface area contributed by atoms with E-state index < -0.39 is 5.97 Å². The van der Waals surface area contributed by atoms with E-state index in [1.165, 1.54) is 32.1 Å². The van der Waals surface area contributed by atoms with E-state index in [1.807, 2.05) is 43.3 Å². The Morgan fingerprint density at radius 3 is 1.71 bits per heavy atom. The molecule has 1 atom stereocenters. The highest BCUT2D eigenvalue weighted by Crippen LogP contribution is 2.24. The van der Waals surface area contributed by atoms with E-state index in [4.69, 9.17) is 18.9 Å². The maximum absolute atomic E-state index is 12.8. The summed E-state index contributed by atoms with van der Waals surface area (Å²) in [5.74, 6) is 0.257. The van der Waals surface area contributed by atoms with Gasteiger partial charge in [0.05, 0.1) is 30.4 Å². The summed E-state index contributed by atoms with van der Waals surface area (Å²) in [5, 5.41) is 0. The molecule has 0 bridgehead atoms. The standard InChI is InChI=1S/C42H56O7/c1-4-6-8-10-14-18-40(43)47-32-16-12-11-15-31-46-38-27-23-35(24-28-38)34-19-21-36(22-20-34)42(45)49-39-29-25-37(26-30-39)41(44)48-33(3)17-13-9-7-5-2/h19-30,33H,4-18,31-32H2,1-3H3. The molecule has 49 heavy (non-hydrogen) atoms. The Morgan fingerprint density at radius 1 is 0.551 bits per heavy atom. The SMILES string of the molecule is CCCCCCCC(=O)OCCCCCCOc1ccc(-c2ccc(C(=O)Oc3ccc(C(=O)OC(C)CCCCCC)cc3)cc2)cc1. The molecular weight excluding hydrogens is 616 g/mol. The summed E-state index contributed by atoms with van der Waals surface area (Å²) in [5.41, 5.74) is 2.85. The van der Waals surface area contributed by atoms with Gasteiger partial charge in [0.25, 0.3) is 0 Å². The van der Waals surface area contributed by atoms with Crippen LogP contribution in [0.1, 0.15) is 138 Å². The predicted molar refractivity (Wildman–Crippen MR) is 195 cm³/mol. The highest BCUT2D eigenvalue weighted by atomic mass is 16.5. The molecule has 0 aromatic heterocycles. The van der Waals surface area contributed by atoms with Gasteiger partial charge in [-0.15, -0.1) is 0 Å². The highest BCUT2D eigenvalue weighted by molar-refractivity contribution is 5.92. The van der Waals surface area contributed by atoms with Crippen LogP contribution in [0.3, 0.4) is 0 Å². The van der Waals surface area contributed by atoms with E-state index in [-0.39, 0.29) is 18.0 Å². The molecule has 3 aromatic rings. The number of carbonyl (C=O) groups is 3. The fraction of sp³-hybridized carbons (Fsp3) is 0.500. The summed E-state index contributed by atoms with van der Waals surface area (Å²) in [7, 11) is 0. The van der Waals surface area contributed by atoms with Gasteiger partial charge in [0.2, 0.25) is 0 Å². The zero-order valence-corrected chi connectivity index (χ0v) is 29.9. The van der Waals surface area contributed by atoms with Crippen LogP contribution in [0.4, 0.5) is 0 Å². The zero-order chi connectivity index (χ0) is 35.1. The lowest BCUT2D eigenvalue weighted by Gasteiger charge is -2.13. The van der Waals surface area contributed by atoms with Crippen molar-refractivity contribution in [3.8, 4) is 22.6 Å². The topological polar surface area (TPSA) is 88.1 Å². The lowest BCUT2D eigenvalue weighted by molar-refractivity contribution is -0.143. The predicted octanol–water partition coefficient (Wildman–Crippen LogP) is 10.9. The molecule has 7 heteroatoms. The first-order valence-electron chi connectivity index (χ1n) is 18.4.